The fourth-order valence-corrected chi connectivity index (χ4v) is 3.37. The van der Waals surface area contributed by atoms with Crippen LogP contribution in [0.15, 0.2) is 53.9 Å². The topological polar surface area (TPSA) is 46.9 Å². The molecule has 1 aromatic carbocycles. The Morgan fingerprint density at radius 2 is 1.96 bits per heavy atom. The summed E-state index contributed by atoms with van der Waals surface area (Å²) in [5, 5.41) is 8.29. The second-order valence-electron chi connectivity index (χ2n) is 5.75. The maximum Gasteiger partial charge on any atom is 0.435 e. The zero-order valence-corrected chi connectivity index (χ0v) is 14.6. The van der Waals surface area contributed by atoms with Crippen LogP contribution < -0.4 is 5.32 Å². The largest absolute Gasteiger partial charge is 0.435 e. The summed E-state index contributed by atoms with van der Waals surface area (Å²) in [4.78, 5) is 13.4. The number of halogens is 3. The molecule has 0 radical (unpaired) electrons. The Bertz CT molecular complexity index is 873. The van der Waals surface area contributed by atoms with E-state index in [1.165, 1.54) is 18.3 Å². The molecule has 0 bridgehead atoms. The van der Waals surface area contributed by atoms with Crippen molar-refractivity contribution < 1.29 is 18.0 Å². The Morgan fingerprint density at radius 1 is 1.23 bits per heavy atom. The summed E-state index contributed by atoms with van der Waals surface area (Å²) in [6.07, 6.45) is -4.53. The molecular formula is C18H16F3N3OS. The zero-order chi connectivity index (χ0) is 18.7. The highest BCUT2D eigenvalue weighted by Crippen LogP contribution is 2.29. The molecule has 0 fully saturated rings. The summed E-state index contributed by atoms with van der Waals surface area (Å²) in [6, 6.07) is 13.8. The number of aryl methyl sites for hydroxylation is 1. The minimum Gasteiger partial charge on any atom is -0.343 e. The van der Waals surface area contributed by atoms with Crippen LogP contribution in [0.1, 0.15) is 27.9 Å². The lowest BCUT2D eigenvalue weighted by atomic mass is 10.1. The molecule has 0 aliphatic heterocycles. The van der Waals surface area contributed by atoms with Gasteiger partial charge in [0.05, 0.1) is 6.04 Å². The van der Waals surface area contributed by atoms with Crippen molar-refractivity contribution in [2.45, 2.75) is 25.7 Å². The number of hydrogen-bond acceptors (Lipinski definition) is 3. The van der Waals surface area contributed by atoms with Crippen LogP contribution in [-0.2, 0) is 17.5 Å². The van der Waals surface area contributed by atoms with Gasteiger partial charge in [0.1, 0.15) is 6.54 Å². The number of thiophene rings is 1. The molecule has 1 N–H and O–H groups in total. The van der Waals surface area contributed by atoms with Crippen molar-refractivity contribution in [3.05, 3.63) is 75.7 Å². The molecule has 3 aromatic rings. The van der Waals surface area contributed by atoms with Gasteiger partial charge in [0.2, 0.25) is 5.91 Å². The first-order valence-corrected chi connectivity index (χ1v) is 8.72. The number of aromatic nitrogens is 2. The molecule has 2 aromatic heterocycles. The number of nitrogens with zero attached hydrogens (tertiary/aromatic N) is 2. The van der Waals surface area contributed by atoms with Crippen molar-refractivity contribution in [2.75, 3.05) is 0 Å². The first-order chi connectivity index (χ1) is 12.3. The van der Waals surface area contributed by atoms with E-state index in [1.54, 1.807) is 0 Å². The summed E-state index contributed by atoms with van der Waals surface area (Å²) in [5.74, 6) is -0.410. The maximum atomic E-state index is 12.8. The fourth-order valence-electron chi connectivity index (χ4n) is 2.57. The predicted octanol–water partition coefficient (Wildman–Crippen LogP) is 4.18. The van der Waals surface area contributed by atoms with Gasteiger partial charge in [0.25, 0.3) is 0 Å². The van der Waals surface area contributed by atoms with Gasteiger partial charge in [-0.3, -0.25) is 9.48 Å². The van der Waals surface area contributed by atoms with Crippen LogP contribution in [0.3, 0.4) is 0 Å². The average Bonchev–Trinajstić information content (AvgIpc) is 3.24. The van der Waals surface area contributed by atoms with Gasteiger partial charge in [-0.2, -0.15) is 18.3 Å². The van der Waals surface area contributed by atoms with E-state index in [2.05, 4.69) is 10.4 Å². The molecular weight excluding hydrogens is 363 g/mol. The Hall–Kier alpha value is -2.61. The number of rotatable bonds is 5. The van der Waals surface area contributed by atoms with Gasteiger partial charge >= 0.3 is 6.18 Å². The van der Waals surface area contributed by atoms with E-state index < -0.39 is 17.8 Å². The number of carbonyl (C=O) groups excluding carboxylic acids is 1. The minimum atomic E-state index is -4.53. The van der Waals surface area contributed by atoms with Gasteiger partial charge in [0.15, 0.2) is 5.69 Å². The van der Waals surface area contributed by atoms with E-state index in [0.717, 1.165) is 21.2 Å². The van der Waals surface area contributed by atoms with Gasteiger partial charge < -0.3 is 5.32 Å². The third-order valence-corrected chi connectivity index (χ3v) is 4.77. The number of amides is 1. The summed E-state index contributed by atoms with van der Waals surface area (Å²) >= 11 is 1.50. The second-order valence-corrected chi connectivity index (χ2v) is 6.73. The lowest BCUT2D eigenvalue weighted by Crippen LogP contribution is -2.32. The lowest BCUT2D eigenvalue weighted by molar-refractivity contribution is -0.141. The van der Waals surface area contributed by atoms with E-state index in [-0.39, 0.29) is 18.3 Å². The zero-order valence-electron chi connectivity index (χ0n) is 13.8. The van der Waals surface area contributed by atoms with Crippen LogP contribution in [0.2, 0.25) is 0 Å². The molecule has 8 heteroatoms. The van der Waals surface area contributed by atoms with E-state index in [1.807, 2.05) is 47.8 Å². The molecule has 26 heavy (non-hydrogen) atoms. The second kappa shape index (κ2) is 7.33. The highest BCUT2D eigenvalue weighted by Gasteiger charge is 2.34. The molecule has 1 unspecified atom stereocenters. The number of carbonyl (C=O) groups is 1. The van der Waals surface area contributed by atoms with Crippen LogP contribution in [0.25, 0.3) is 0 Å². The van der Waals surface area contributed by atoms with Crippen LogP contribution in [0.4, 0.5) is 13.2 Å². The van der Waals surface area contributed by atoms with Gasteiger partial charge in [-0.15, -0.1) is 11.3 Å². The van der Waals surface area contributed by atoms with Crippen molar-refractivity contribution in [1.82, 2.24) is 15.1 Å². The van der Waals surface area contributed by atoms with Crippen molar-refractivity contribution in [1.29, 1.82) is 0 Å². The van der Waals surface area contributed by atoms with Gasteiger partial charge in [-0.05, 0) is 30.0 Å². The smallest absolute Gasteiger partial charge is 0.343 e. The molecule has 0 saturated carbocycles. The molecule has 4 nitrogen and oxygen atoms in total. The number of nitrogens with one attached hydrogen (secondary N) is 1. The molecule has 0 saturated heterocycles. The summed E-state index contributed by atoms with van der Waals surface area (Å²) in [6.45, 7) is 1.21. The Balaban J connectivity index is 1.78. The SMILES string of the molecule is Cc1cc(C(F)(F)F)nn1CC(=O)NC(c1ccccc1)c1cccs1. The van der Waals surface area contributed by atoms with Crippen molar-refractivity contribution in [3.63, 3.8) is 0 Å². The van der Waals surface area contributed by atoms with E-state index >= 15 is 0 Å². The van der Waals surface area contributed by atoms with Crippen molar-refractivity contribution in [2.24, 2.45) is 0 Å². The molecule has 1 amide bonds. The normalized spacial score (nSPS) is 12.8. The Kier molecular flexibility index (Phi) is 5.13. The molecule has 136 valence electrons. The summed E-state index contributed by atoms with van der Waals surface area (Å²) in [5.41, 5.74) is 0.178. The monoisotopic (exact) mass is 379 g/mol. The van der Waals surface area contributed by atoms with Gasteiger partial charge in [-0.25, -0.2) is 0 Å². The molecule has 2 heterocycles. The third-order valence-electron chi connectivity index (χ3n) is 3.83. The lowest BCUT2D eigenvalue weighted by Gasteiger charge is -2.18. The van der Waals surface area contributed by atoms with E-state index in [0.29, 0.717) is 0 Å². The predicted molar refractivity (Wildman–Crippen MR) is 92.7 cm³/mol. The summed E-state index contributed by atoms with van der Waals surface area (Å²) in [7, 11) is 0. The average molecular weight is 379 g/mol. The van der Waals surface area contributed by atoms with Crippen LogP contribution in [0, 0.1) is 6.92 Å². The maximum absolute atomic E-state index is 12.8. The highest BCUT2D eigenvalue weighted by molar-refractivity contribution is 7.10. The first-order valence-electron chi connectivity index (χ1n) is 7.84. The van der Waals surface area contributed by atoms with Gasteiger partial charge in [0, 0.05) is 10.6 Å². The molecule has 3 rings (SSSR count). The van der Waals surface area contributed by atoms with Crippen LogP contribution >= 0.6 is 11.3 Å². The first kappa shape index (κ1) is 18.2. The molecule has 0 spiro atoms. The number of benzene rings is 1. The standard InChI is InChI=1S/C18H16F3N3OS/c1-12-10-15(18(19,20)21)23-24(12)11-16(25)22-17(14-8-5-9-26-14)13-6-3-2-4-7-13/h2-10,17H,11H2,1H3,(H,22,25). The Morgan fingerprint density at radius 3 is 2.54 bits per heavy atom. The number of alkyl halides is 3. The molecule has 1 atom stereocenters. The molecule has 0 aliphatic rings. The van der Waals surface area contributed by atoms with Crippen LogP contribution in [-0.4, -0.2) is 15.7 Å². The third kappa shape index (κ3) is 4.13. The van der Waals surface area contributed by atoms with E-state index in [9.17, 15) is 18.0 Å². The van der Waals surface area contributed by atoms with Crippen molar-refractivity contribution >= 4 is 17.2 Å². The Labute approximate surface area is 152 Å². The van der Waals surface area contributed by atoms with Crippen molar-refractivity contribution in [3.8, 4) is 0 Å². The quantitative estimate of drug-likeness (QED) is 0.723. The van der Waals surface area contributed by atoms with E-state index in [4.69, 9.17) is 0 Å². The minimum absolute atomic E-state index is 0.278. The van der Waals surface area contributed by atoms with Gasteiger partial charge in [-0.1, -0.05) is 36.4 Å². The highest BCUT2D eigenvalue weighted by atomic mass is 32.1. The molecule has 0 aliphatic carbocycles. The summed E-state index contributed by atoms with van der Waals surface area (Å²) < 4.78 is 39.3. The van der Waals surface area contributed by atoms with Crippen LogP contribution in [0.5, 0.6) is 0 Å². The fraction of sp³-hybridized carbons (Fsp3) is 0.222. The number of hydrogen-bond donors (Lipinski definition) is 1.